The Morgan fingerprint density at radius 3 is 0.843 bits per heavy atom. The number of rotatable bonds is 11. The van der Waals surface area contributed by atoms with Crippen LogP contribution in [-0.2, 0) is 0 Å². The van der Waals surface area contributed by atoms with E-state index in [2.05, 4.69) is 167 Å². The molecule has 16 aromatic rings. The number of pyridine rings is 4. The second-order valence-electron chi connectivity index (χ2n) is 22.5. The van der Waals surface area contributed by atoms with Gasteiger partial charge in [0.15, 0.2) is 0 Å². The van der Waals surface area contributed by atoms with E-state index in [1.807, 2.05) is 129 Å². The van der Waals surface area contributed by atoms with Gasteiger partial charge >= 0.3 is 0 Å². The van der Waals surface area contributed by atoms with E-state index in [-0.39, 0.29) is 0 Å². The van der Waals surface area contributed by atoms with Gasteiger partial charge in [-0.2, -0.15) is 0 Å². The Hall–Kier alpha value is -11.7. The van der Waals surface area contributed by atoms with Crippen molar-refractivity contribution in [1.29, 1.82) is 0 Å². The molecule has 0 N–H and O–H groups in total. The van der Waals surface area contributed by atoms with Gasteiger partial charge in [-0.25, -0.2) is 8.78 Å². The molecular formula is C81H52F2N6. The average molecular weight is 1150 g/mol. The van der Waals surface area contributed by atoms with E-state index in [9.17, 15) is 0 Å². The zero-order valence-corrected chi connectivity index (χ0v) is 48.2. The Morgan fingerprint density at radius 1 is 0.247 bits per heavy atom. The Kier molecular flexibility index (Phi) is 13.0. The third kappa shape index (κ3) is 9.33. The van der Waals surface area contributed by atoms with Crippen molar-refractivity contribution < 1.29 is 8.78 Å². The summed E-state index contributed by atoms with van der Waals surface area (Å²) in [5.74, 6) is -1.31. The van der Waals surface area contributed by atoms with Gasteiger partial charge in [0.25, 0.3) is 0 Å². The van der Waals surface area contributed by atoms with Crippen molar-refractivity contribution in [3.63, 3.8) is 0 Å². The van der Waals surface area contributed by atoms with Crippen LogP contribution in [0.2, 0.25) is 0 Å². The molecule has 6 aromatic heterocycles. The summed E-state index contributed by atoms with van der Waals surface area (Å²) in [4.78, 5) is 19.9. The first kappa shape index (κ1) is 52.8. The van der Waals surface area contributed by atoms with E-state index in [0.29, 0.717) is 11.1 Å². The normalized spacial score (nSPS) is 11.5. The van der Waals surface area contributed by atoms with Crippen molar-refractivity contribution in [2.24, 2.45) is 0 Å². The molecule has 0 aliphatic carbocycles. The third-order valence-electron chi connectivity index (χ3n) is 17.2. The molecule has 0 aliphatic rings. The number of hydrogen-bond acceptors (Lipinski definition) is 4. The first-order valence-electron chi connectivity index (χ1n) is 29.7. The second kappa shape index (κ2) is 22.0. The van der Waals surface area contributed by atoms with Crippen molar-refractivity contribution in [2.75, 3.05) is 0 Å². The van der Waals surface area contributed by atoms with E-state index in [4.69, 9.17) is 19.9 Å². The molecule has 6 heterocycles. The zero-order chi connectivity index (χ0) is 59.5. The van der Waals surface area contributed by atoms with Crippen LogP contribution in [0.1, 0.15) is 5.56 Å². The van der Waals surface area contributed by atoms with Crippen LogP contribution in [0.3, 0.4) is 0 Å². The van der Waals surface area contributed by atoms with Gasteiger partial charge in [0, 0.05) is 96.9 Å². The molecule has 6 nitrogen and oxygen atoms in total. The van der Waals surface area contributed by atoms with Crippen LogP contribution in [0.4, 0.5) is 8.78 Å². The number of benzene rings is 10. The molecule has 10 aromatic carbocycles. The van der Waals surface area contributed by atoms with Crippen molar-refractivity contribution in [3.05, 3.63) is 315 Å². The van der Waals surface area contributed by atoms with Gasteiger partial charge in [-0.05, 0) is 143 Å². The lowest BCUT2D eigenvalue weighted by Gasteiger charge is -2.20. The quantitative estimate of drug-likeness (QED) is 0.129. The van der Waals surface area contributed by atoms with Crippen molar-refractivity contribution in [3.8, 4) is 112 Å². The Morgan fingerprint density at radius 2 is 0.539 bits per heavy atom. The molecule has 0 fully saturated rings. The van der Waals surface area contributed by atoms with E-state index < -0.39 is 11.6 Å². The van der Waals surface area contributed by atoms with Gasteiger partial charge in [0.2, 0.25) is 0 Å². The monoisotopic (exact) mass is 1150 g/mol. The molecule has 0 aliphatic heterocycles. The van der Waals surface area contributed by atoms with Crippen LogP contribution in [0.25, 0.3) is 156 Å². The van der Waals surface area contributed by atoms with Gasteiger partial charge < -0.3 is 9.13 Å². The van der Waals surface area contributed by atoms with Gasteiger partial charge in [-0.1, -0.05) is 170 Å². The molecule has 0 saturated carbocycles. The van der Waals surface area contributed by atoms with Crippen molar-refractivity contribution in [1.82, 2.24) is 29.1 Å². The van der Waals surface area contributed by atoms with Gasteiger partial charge in [0.05, 0.1) is 56.2 Å². The molecular weight excluding hydrogens is 1090 g/mol. The predicted octanol–water partition coefficient (Wildman–Crippen LogP) is 21.1. The minimum absolute atomic E-state index is 0.432. The largest absolute Gasteiger partial charge is 0.307 e. The lowest BCUT2D eigenvalue weighted by Crippen LogP contribution is -2.05. The van der Waals surface area contributed by atoms with Crippen LogP contribution in [-0.4, -0.2) is 29.1 Å². The summed E-state index contributed by atoms with van der Waals surface area (Å²) in [6.07, 6.45) is 7.40. The Labute approximate surface area is 512 Å². The minimum Gasteiger partial charge on any atom is -0.307 e. The van der Waals surface area contributed by atoms with Crippen LogP contribution in [0.5, 0.6) is 0 Å². The minimum atomic E-state index is -0.653. The van der Waals surface area contributed by atoms with Crippen LogP contribution in [0.15, 0.2) is 298 Å². The highest BCUT2D eigenvalue weighted by Crippen LogP contribution is 2.46. The molecule has 8 heteroatoms. The summed E-state index contributed by atoms with van der Waals surface area (Å²) in [7, 11) is 0. The second-order valence-corrected chi connectivity index (χ2v) is 22.5. The van der Waals surface area contributed by atoms with Crippen LogP contribution >= 0.6 is 0 Å². The highest BCUT2D eigenvalue weighted by atomic mass is 19.1. The van der Waals surface area contributed by atoms with E-state index in [0.717, 1.165) is 156 Å². The number of aryl methyl sites for hydroxylation is 1. The summed E-state index contributed by atoms with van der Waals surface area (Å²) < 4.78 is 35.9. The van der Waals surface area contributed by atoms with Gasteiger partial charge in [0.1, 0.15) is 11.6 Å². The SMILES string of the molecule is Cc1cc(-n2c3ccc(-c4cccnc4-c4ccccc4)cc3c3cc(-c4cccnc4-c4ccccc4)ccc32)c(-n2c3ccc(-c4cccnc4-c4ccccc4)cc3c3cc(-c4cccnc4-c4ccccc4)ccc32)cc1-c1cc(F)cc(F)c1. The zero-order valence-electron chi connectivity index (χ0n) is 48.2. The topological polar surface area (TPSA) is 61.4 Å². The first-order chi connectivity index (χ1) is 43.9. The number of fused-ring (bicyclic) bond motifs is 6. The third-order valence-corrected chi connectivity index (χ3v) is 17.2. The maximum atomic E-state index is 15.6. The standard InChI is InChI=1S/C81H52F2N6/c1-51-42-76(88-72-34-30-56(63-26-14-38-84-78(63)52-18-6-2-7-19-52)45-68(72)69-46-57(31-35-73(69)88)64-27-15-39-85-79(64)53-20-8-3-9-21-53)77(50-67(51)60-43-61(82)49-62(83)44-60)89-74-36-32-58(65-28-16-40-86-80(65)54-22-10-4-11-23-54)47-70(74)71-48-59(33-37-75(71)89)66-29-17-41-87-81(66)55-24-12-5-13-25-55/h2-50H,1H3. The fourth-order valence-electron chi connectivity index (χ4n) is 13.2. The number of halogens is 2. The number of aromatic nitrogens is 6. The molecule has 0 amide bonds. The Balaban J connectivity index is 0.999. The van der Waals surface area contributed by atoms with E-state index in [1.165, 1.54) is 12.1 Å². The number of hydrogen-bond donors (Lipinski definition) is 0. The summed E-state index contributed by atoms with van der Waals surface area (Å²) in [6, 6.07) is 92.6. The van der Waals surface area contributed by atoms with E-state index >= 15 is 8.78 Å². The molecule has 420 valence electrons. The molecule has 0 unspecified atom stereocenters. The van der Waals surface area contributed by atoms with Crippen LogP contribution < -0.4 is 0 Å². The first-order valence-corrected chi connectivity index (χ1v) is 29.7. The fourth-order valence-corrected chi connectivity index (χ4v) is 13.2. The maximum Gasteiger partial charge on any atom is 0.126 e. The molecule has 89 heavy (non-hydrogen) atoms. The van der Waals surface area contributed by atoms with Crippen molar-refractivity contribution >= 4 is 43.6 Å². The van der Waals surface area contributed by atoms with Gasteiger partial charge in [-0.15, -0.1) is 0 Å². The lowest BCUT2D eigenvalue weighted by atomic mass is 9.96. The fraction of sp³-hybridized carbons (Fsp3) is 0.0123. The number of nitrogens with zero attached hydrogens (tertiary/aromatic N) is 6. The summed E-state index contributed by atoms with van der Waals surface area (Å²) in [5, 5.41) is 4.07. The summed E-state index contributed by atoms with van der Waals surface area (Å²) in [5.41, 5.74) is 23.1. The molecule has 0 atom stereocenters. The van der Waals surface area contributed by atoms with Crippen molar-refractivity contribution in [2.45, 2.75) is 6.92 Å². The Bertz CT molecular complexity index is 5110. The molecule has 16 rings (SSSR count). The van der Waals surface area contributed by atoms with Gasteiger partial charge in [-0.3, -0.25) is 19.9 Å². The van der Waals surface area contributed by atoms with E-state index in [1.54, 1.807) is 0 Å². The lowest BCUT2D eigenvalue weighted by molar-refractivity contribution is 0.584. The maximum absolute atomic E-state index is 15.6. The highest BCUT2D eigenvalue weighted by molar-refractivity contribution is 6.15. The highest BCUT2D eigenvalue weighted by Gasteiger charge is 2.25. The molecule has 0 radical (unpaired) electrons. The summed E-state index contributed by atoms with van der Waals surface area (Å²) in [6.45, 7) is 2.03. The smallest absolute Gasteiger partial charge is 0.126 e. The predicted molar refractivity (Wildman–Crippen MR) is 360 cm³/mol. The van der Waals surface area contributed by atoms with Crippen LogP contribution in [0, 0.1) is 18.6 Å². The molecule has 0 bridgehead atoms. The molecule has 0 spiro atoms. The molecule has 0 saturated heterocycles. The summed E-state index contributed by atoms with van der Waals surface area (Å²) >= 11 is 0. The average Bonchev–Trinajstić information content (AvgIpc) is 1.61.